The molecule has 0 spiro atoms. The van der Waals surface area contributed by atoms with Gasteiger partial charge in [0.05, 0.1) is 6.26 Å². The first-order chi connectivity index (χ1) is 14.2. The SMILES string of the molecule is C#C/C=C(C=Nc1ccccc1O)\C=C/CC=C/C=C/C=C(\C=C)CO/C=C\N. The van der Waals surface area contributed by atoms with Crippen LogP contribution in [0.2, 0.25) is 0 Å². The molecule has 0 amide bonds. The Bertz CT molecular complexity index is 892. The number of nitrogens with zero attached hydrogens (tertiary/aromatic N) is 1. The van der Waals surface area contributed by atoms with Gasteiger partial charge in [0.2, 0.25) is 0 Å². The van der Waals surface area contributed by atoms with Crippen LogP contribution in [0.3, 0.4) is 0 Å². The first-order valence-electron chi connectivity index (χ1n) is 8.99. The standard InChI is InChI=1S/C25H26N2O2/c1-3-13-23(20-27-24-16-11-12-17-25(24)28)15-10-8-6-5-7-9-14-22(4-2)21-29-19-18-26/h1,4-7,9-20,28H,2,8,21,26H2/b6-5?,9-7+,15-10-,19-18-,22-14+,23-13+,27-20?. The topological polar surface area (TPSA) is 67.8 Å². The Morgan fingerprint density at radius 3 is 2.79 bits per heavy atom. The van der Waals surface area contributed by atoms with Crippen molar-refractivity contribution in [2.45, 2.75) is 6.42 Å². The van der Waals surface area contributed by atoms with Gasteiger partial charge >= 0.3 is 0 Å². The summed E-state index contributed by atoms with van der Waals surface area (Å²) in [6.45, 7) is 4.16. The zero-order chi connectivity index (χ0) is 21.2. The van der Waals surface area contributed by atoms with Crippen molar-refractivity contribution >= 4 is 11.9 Å². The van der Waals surface area contributed by atoms with Crippen molar-refractivity contribution in [3.05, 3.63) is 109 Å². The molecule has 1 aromatic rings. The Balaban J connectivity index is 2.55. The van der Waals surface area contributed by atoms with E-state index in [2.05, 4.69) is 17.5 Å². The molecule has 0 unspecified atom stereocenters. The zero-order valence-electron chi connectivity index (χ0n) is 16.3. The molecule has 0 aliphatic heterocycles. The number of hydrogen-bond acceptors (Lipinski definition) is 4. The molecule has 1 rings (SSSR count). The molecule has 0 saturated carbocycles. The maximum atomic E-state index is 9.74. The summed E-state index contributed by atoms with van der Waals surface area (Å²) in [6.07, 6.45) is 27.4. The van der Waals surface area contributed by atoms with Crippen molar-refractivity contribution in [3.63, 3.8) is 0 Å². The van der Waals surface area contributed by atoms with Gasteiger partial charge < -0.3 is 15.6 Å². The lowest BCUT2D eigenvalue weighted by molar-refractivity contribution is 0.282. The number of rotatable bonds is 11. The molecule has 0 radical (unpaired) electrons. The van der Waals surface area contributed by atoms with Crippen LogP contribution in [0.25, 0.3) is 0 Å². The number of terminal acetylenes is 1. The molecule has 0 fully saturated rings. The normalized spacial score (nSPS) is 13.2. The minimum atomic E-state index is 0.124. The Morgan fingerprint density at radius 2 is 2.07 bits per heavy atom. The van der Waals surface area contributed by atoms with Gasteiger partial charge in [0, 0.05) is 18.0 Å². The van der Waals surface area contributed by atoms with Crippen molar-refractivity contribution in [1.29, 1.82) is 0 Å². The van der Waals surface area contributed by atoms with Crippen LogP contribution in [0.1, 0.15) is 6.42 Å². The number of nitrogens with two attached hydrogens (primary N) is 1. The van der Waals surface area contributed by atoms with Gasteiger partial charge in [-0.05, 0) is 30.2 Å². The van der Waals surface area contributed by atoms with Gasteiger partial charge in [0.25, 0.3) is 0 Å². The Hall–Kier alpha value is -3.97. The van der Waals surface area contributed by atoms with Crippen molar-refractivity contribution < 1.29 is 9.84 Å². The molecule has 0 saturated heterocycles. The average molecular weight is 386 g/mol. The number of phenolic OH excluding ortho intramolecular Hbond substituents is 1. The third-order valence-corrected chi connectivity index (χ3v) is 3.42. The van der Waals surface area contributed by atoms with Crippen LogP contribution in [0.15, 0.2) is 114 Å². The van der Waals surface area contributed by atoms with Gasteiger partial charge in [-0.25, -0.2) is 0 Å². The number of aromatic hydroxyl groups is 1. The monoisotopic (exact) mass is 386 g/mol. The van der Waals surface area contributed by atoms with E-state index in [1.807, 2.05) is 48.6 Å². The second kappa shape index (κ2) is 15.1. The fourth-order valence-corrected chi connectivity index (χ4v) is 2.00. The molecule has 148 valence electrons. The van der Waals surface area contributed by atoms with Crippen molar-refractivity contribution in [2.75, 3.05) is 6.61 Å². The minimum absolute atomic E-state index is 0.124. The second-order valence-corrected chi connectivity index (χ2v) is 5.59. The Kier molecular flexibility index (Phi) is 12.0. The van der Waals surface area contributed by atoms with Crippen LogP contribution < -0.4 is 5.73 Å². The van der Waals surface area contributed by atoms with E-state index in [-0.39, 0.29) is 5.75 Å². The van der Waals surface area contributed by atoms with Gasteiger partial charge in [0.15, 0.2) is 0 Å². The van der Waals surface area contributed by atoms with Gasteiger partial charge in [0.1, 0.15) is 18.0 Å². The van der Waals surface area contributed by atoms with Crippen molar-refractivity contribution in [3.8, 4) is 18.1 Å². The van der Waals surface area contributed by atoms with E-state index >= 15 is 0 Å². The average Bonchev–Trinajstić information content (AvgIpc) is 2.73. The van der Waals surface area contributed by atoms with E-state index in [1.54, 1.807) is 36.6 Å². The van der Waals surface area contributed by atoms with E-state index in [1.165, 1.54) is 12.5 Å². The summed E-state index contributed by atoms with van der Waals surface area (Å²) in [5.74, 6) is 2.61. The lowest BCUT2D eigenvalue weighted by atomic mass is 10.2. The van der Waals surface area contributed by atoms with Crippen LogP contribution in [0.4, 0.5) is 5.69 Å². The number of benzene rings is 1. The number of phenols is 1. The minimum Gasteiger partial charge on any atom is -0.506 e. The molecule has 3 N–H and O–H groups in total. The Labute approximate surface area is 173 Å². The highest BCUT2D eigenvalue weighted by atomic mass is 16.5. The second-order valence-electron chi connectivity index (χ2n) is 5.59. The molecular weight excluding hydrogens is 360 g/mol. The lowest BCUT2D eigenvalue weighted by Crippen LogP contribution is -1.90. The molecule has 0 aliphatic carbocycles. The van der Waals surface area contributed by atoms with Gasteiger partial charge in [-0.15, -0.1) is 6.42 Å². The summed E-state index contributed by atoms with van der Waals surface area (Å²) in [5.41, 5.74) is 7.41. The fourth-order valence-electron chi connectivity index (χ4n) is 2.00. The highest BCUT2D eigenvalue weighted by molar-refractivity contribution is 5.85. The van der Waals surface area contributed by atoms with Crippen LogP contribution in [-0.2, 0) is 4.74 Å². The van der Waals surface area contributed by atoms with E-state index < -0.39 is 0 Å². The van der Waals surface area contributed by atoms with E-state index in [4.69, 9.17) is 16.9 Å². The van der Waals surface area contributed by atoms with Crippen molar-refractivity contribution in [1.82, 2.24) is 0 Å². The number of aliphatic imine (C=N–C) groups is 1. The smallest absolute Gasteiger partial charge is 0.141 e. The van der Waals surface area contributed by atoms with E-state index in [9.17, 15) is 5.11 Å². The molecule has 0 bridgehead atoms. The van der Waals surface area contributed by atoms with E-state index in [0.29, 0.717) is 12.3 Å². The van der Waals surface area contributed by atoms with Crippen LogP contribution in [0, 0.1) is 12.3 Å². The summed E-state index contributed by atoms with van der Waals surface area (Å²) in [6, 6.07) is 6.87. The third-order valence-electron chi connectivity index (χ3n) is 3.42. The molecule has 4 nitrogen and oxygen atoms in total. The fraction of sp³-hybridized carbons (Fsp3) is 0.0800. The predicted octanol–water partition coefficient (Wildman–Crippen LogP) is 5.27. The molecule has 29 heavy (non-hydrogen) atoms. The highest BCUT2D eigenvalue weighted by Gasteiger charge is 1.95. The van der Waals surface area contributed by atoms with E-state index in [0.717, 1.165) is 17.6 Å². The molecule has 0 aromatic heterocycles. The molecule has 0 heterocycles. The highest BCUT2D eigenvalue weighted by Crippen LogP contribution is 2.24. The number of ether oxygens (including phenoxy) is 1. The zero-order valence-corrected chi connectivity index (χ0v) is 16.3. The summed E-state index contributed by atoms with van der Waals surface area (Å²) >= 11 is 0. The van der Waals surface area contributed by atoms with Crippen LogP contribution in [-0.4, -0.2) is 17.9 Å². The largest absolute Gasteiger partial charge is 0.506 e. The Morgan fingerprint density at radius 1 is 1.24 bits per heavy atom. The molecule has 4 heteroatoms. The molecule has 1 aromatic carbocycles. The van der Waals surface area contributed by atoms with Gasteiger partial charge in [-0.2, -0.15) is 0 Å². The summed E-state index contributed by atoms with van der Waals surface area (Å²) in [7, 11) is 0. The third kappa shape index (κ3) is 10.7. The molecule has 0 atom stereocenters. The van der Waals surface area contributed by atoms with Crippen LogP contribution in [0.5, 0.6) is 5.75 Å². The quantitative estimate of drug-likeness (QED) is 0.236. The summed E-state index contributed by atoms with van der Waals surface area (Å²) < 4.78 is 5.19. The first-order valence-corrected chi connectivity index (χ1v) is 8.99. The maximum Gasteiger partial charge on any atom is 0.141 e. The van der Waals surface area contributed by atoms with Crippen LogP contribution >= 0.6 is 0 Å². The van der Waals surface area contributed by atoms with Crippen molar-refractivity contribution in [2.24, 2.45) is 10.7 Å². The predicted molar refractivity (Wildman–Crippen MR) is 123 cm³/mol. The molecule has 0 aliphatic rings. The maximum absolute atomic E-state index is 9.74. The summed E-state index contributed by atoms with van der Waals surface area (Å²) in [5, 5.41) is 9.74. The number of para-hydroxylation sites is 2. The number of allylic oxidation sites excluding steroid dienone is 9. The first kappa shape index (κ1) is 23.1. The summed E-state index contributed by atoms with van der Waals surface area (Å²) in [4.78, 5) is 4.26. The van der Waals surface area contributed by atoms with Gasteiger partial charge in [-0.1, -0.05) is 73.2 Å². The number of hydrogen-bond donors (Lipinski definition) is 2. The van der Waals surface area contributed by atoms with Gasteiger partial charge in [-0.3, -0.25) is 4.99 Å². The lowest BCUT2D eigenvalue weighted by Gasteiger charge is -1.99. The molecular formula is C25H26N2O2.